The predicted octanol–water partition coefficient (Wildman–Crippen LogP) is 5.00. The number of nitrogens with zero attached hydrogens (tertiary/aromatic N) is 5. The van der Waals surface area contributed by atoms with Gasteiger partial charge < -0.3 is 19.4 Å². The summed E-state index contributed by atoms with van der Waals surface area (Å²) in [5, 5.41) is 0. The first-order valence-corrected chi connectivity index (χ1v) is 12.4. The van der Waals surface area contributed by atoms with Crippen LogP contribution < -0.4 is 14.5 Å². The largest absolute Gasteiger partial charge is 0.451 e. The molecule has 7 nitrogen and oxygen atoms in total. The number of ether oxygens (including phenoxy) is 1. The van der Waals surface area contributed by atoms with Crippen LogP contribution in [0, 0.1) is 11.2 Å². The van der Waals surface area contributed by atoms with Crippen LogP contribution >= 0.6 is 0 Å². The molecule has 0 N–H and O–H groups in total. The van der Waals surface area contributed by atoms with E-state index in [2.05, 4.69) is 26.8 Å². The fraction of sp³-hybridized carbons (Fsp3) is 0.393. The summed E-state index contributed by atoms with van der Waals surface area (Å²) in [6, 6.07) is 13.3. The average molecular weight is 490 g/mol. The van der Waals surface area contributed by atoms with E-state index in [1.807, 2.05) is 44.2 Å². The van der Waals surface area contributed by atoms with Crippen LogP contribution in [0.15, 0.2) is 61.1 Å². The minimum Gasteiger partial charge on any atom is -0.451 e. The van der Waals surface area contributed by atoms with Crippen molar-refractivity contribution in [1.82, 2.24) is 14.9 Å². The monoisotopic (exact) mass is 489 g/mol. The summed E-state index contributed by atoms with van der Waals surface area (Å²) in [5.74, 6) is 0.587. The minimum atomic E-state index is -0.501. The lowest BCUT2D eigenvalue weighted by atomic mass is 9.72. The molecular weight excluding hydrogens is 457 g/mol. The van der Waals surface area contributed by atoms with Crippen molar-refractivity contribution in [2.75, 3.05) is 43.0 Å². The van der Waals surface area contributed by atoms with Gasteiger partial charge in [0.15, 0.2) is 11.6 Å². The van der Waals surface area contributed by atoms with E-state index >= 15 is 0 Å². The van der Waals surface area contributed by atoms with Gasteiger partial charge in [0.1, 0.15) is 17.9 Å². The summed E-state index contributed by atoms with van der Waals surface area (Å²) in [6.07, 6.45) is 5.45. The Kier molecular flexibility index (Phi) is 6.62. The van der Waals surface area contributed by atoms with Gasteiger partial charge in [-0.25, -0.2) is 14.4 Å². The van der Waals surface area contributed by atoms with E-state index in [1.54, 1.807) is 11.1 Å². The molecule has 2 fully saturated rings. The summed E-state index contributed by atoms with van der Waals surface area (Å²) < 4.78 is 20.6. The number of hydrogen-bond donors (Lipinski definition) is 0. The second-order valence-electron chi connectivity index (χ2n) is 10.2. The van der Waals surface area contributed by atoms with E-state index in [0.29, 0.717) is 17.0 Å². The SMILES string of the molecule is CC(C)N(C(=O)c1cc(F)ccc1Oc1cncnc1N1CC2(CCN(C)CC2)C1)c1ccccc1. The average Bonchev–Trinajstić information content (AvgIpc) is 2.85. The third kappa shape index (κ3) is 4.78. The highest BCUT2D eigenvalue weighted by atomic mass is 19.1. The zero-order valence-corrected chi connectivity index (χ0v) is 21.0. The molecule has 2 aliphatic heterocycles. The Morgan fingerprint density at radius 3 is 2.50 bits per heavy atom. The standard InChI is InChI=1S/C28H32FN5O2/c1-20(2)34(22-7-5-4-6-8-22)27(35)23-15-21(29)9-10-24(23)36-25-16-30-19-31-26(25)33-17-28(18-33)11-13-32(3)14-12-28/h4-10,15-16,19-20H,11-14,17-18H2,1-3H3. The highest BCUT2D eigenvalue weighted by Crippen LogP contribution is 2.44. The van der Waals surface area contributed by atoms with Crippen molar-refractivity contribution in [3.05, 3.63) is 72.4 Å². The molecule has 0 saturated carbocycles. The molecule has 2 saturated heterocycles. The molecule has 0 unspecified atom stereocenters. The number of amides is 1. The summed E-state index contributed by atoms with van der Waals surface area (Å²) in [5.41, 5.74) is 1.21. The Hall–Kier alpha value is -3.52. The second-order valence-corrected chi connectivity index (χ2v) is 10.2. The van der Waals surface area contributed by atoms with Crippen molar-refractivity contribution in [3.63, 3.8) is 0 Å². The maximum absolute atomic E-state index is 14.4. The molecule has 3 heterocycles. The van der Waals surface area contributed by atoms with Gasteiger partial charge in [-0.1, -0.05) is 18.2 Å². The van der Waals surface area contributed by atoms with Crippen LogP contribution in [-0.2, 0) is 0 Å². The number of aromatic nitrogens is 2. The van der Waals surface area contributed by atoms with Crippen LogP contribution in [0.25, 0.3) is 0 Å². The maximum atomic E-state index is 14.4. The Morgan fingerprint density at radius 1 is 1.08 bits per heavy atom. The molecule has 2 aliphatic rings. The molecule has 1 spiro atoms. The first-order chi connectivity index (χ1) is 17.3. The highest BCUT2D eigenvalue weighted by molar-refractivity contribution is 6.08. The van der Waals surface area contributed by atoms with E-state index in [-0.39, 0.29) is 23.3 Å². The quantitative estimate of drug-likeness (QED) is 0.486. The van der Waals surface area contributed by atoms with Crippen molar-refractivity contribution >= 4 is 17.4 Å². The van der Waals surface area contributed by atoms with Gasteiger partial charge in [0.05, 0.1) is 11.8 Å². The zero-order valence-electron chi connectivity index (χ0n) is 21.0. The van der Waals surface area contributed by atoms with E-state index < -0.39 is 5.82 Å². The molecule has 0 atom stereocenters. The van der Waals surface area contributed by atoms with Crippen LogP contribution in [0.3, 0.4) is 0 Å². The van der Waals surface area contributed by atoms with Crippen molar-refractivity contribution in [1.29, 1.82) is 0 Å². The molecule has 3 aromatic rings. The molecule has 188 valence electrons. The number of para-hydroxylation sites is 1. The first kappa shape index (κ1) is 24.2. The molecule has 5 rings (SSSR count). The van der Waals surface area contributed by atoms with Crippen molar-refractivity contribution in [3.8, 4) is 11.5 Å². The van der Waals surface area contributed by atoms with Gasteiger partial charge in [0.25, 0.3) is 5.91 Å². The number of anilines is 2. The van der Waals surface area contributed by atoms with Gasteiger partial charge in [-0.05, 0) is 77.2 Å². The predicted molar refractivity (Wildman–Crippen MR) is 138 cm³/mol. The molecule has 1 aromatic heterocycles. The third-order valence-electron chi connectivity index (χ3n) is 7.22. The Labute approximate surface area is 211 Å². The summed E-state index contributed by atoms with van der Waals surface area (Å²) in [4.78, 5) is 28.6. The van der Waals surface area contributed by atoms with Crippen molar-refractivity contribution in [2.24, 2.45) is 5.41 Å². The molecule has 1 amide bonds. The highest BCUT2D eigenvalue weighted by Gasteiger charge is 2.45. The molecule has 0 aliphatic carbocycles. The number of piperidine rings is 1. The van der Waals surface area contributed by atoms with Gasteiger partial charge in [-0.2, -0.15) is 0 Å². The topological polar surface area (TPSA) is 61.8 Å². The van der Waals surface area contributed by atoms with Gasteiger partial charge >= 0.3 is 0 Å². The van der Waals surface area contributed by atoms with Crippen LogP contribution in [-0.4, -0.2) is 60.0 Å². The van der Waals surface area contributed by atoms with Crippen LogP contribution in [0.4, 0.5) is 15.9 Å². The maximum Gasteiger partial charge on any atom is 0.262 e. The van der Waals surface area contributed by atoms with Gasteiger partial charge in [-0.3, -0.25) is 4.79 Å². The van der Waals surface area contributed by atoms with Gasteiger partial charge in [0, 0.05) is 30.2 Å². The van der Waals surface area contributed by atoms with Gasteiger partial charge in [-0.15, -0.1) is 0 Å². The van der Waals surface area contributed by atoms with Crippen molar-refractivity contribution < 1.29 is 13.9 Å². The van der Waals surface area contributed by atoms with E-state index in [1.165, 1.54) is 37.4 Å². The van der Waals surface area contributed by atoms with E-state index in [4.69, 9.17) is 4.74 Å². The second kappa shape index (κ2) is 9.85. The molecule has 0 bridgehead atoms. The lowest BCUT2D eigenvalue weighted by Crippen LogP contribution is -2.60. The number of benzene rings is 2. The van der Waals surface area contributed by atoms with E-state index in [0.717, 1.165) is 31.9 Å². The lowest BCUT2D eigenvalue weighted by Gasteiger charge is -2.54. The first-order valence-electron chi connectivity index (χ1n) is 12.4. The summed E-state index contributed by atoms with van der Waals surface area (Å²) in [7, 11) is 2.17. The van der Waals surface area contributed by atoms with Crippen LogP contribution in [0.5, 0.6) is 11.5 Å². The Morgan fingerprint density at radius 2 is 1.81 bits per heavy atom. The lowest BCUT2D eigenvalue weighted by molar-refractivity contribution is 0.0897. The molecule has 0 radical (unpaired) electrons. The van der Waals surface area contributed by atoms with Crippen LogP contribution in [0.1, 0.15) is 37.0 Å². The number of halogens is 1. The summed E-state index contributed by atoms with van der Waals surface area (Å²) in [6.45, 7) is 7.90. The molecule has 8 heteroatoms. The zero-order chi connectivity index (χ0) is 25.3. The number of likely N-dealkylation sites (tertiary alicyclic amines) is 1. The molecular formula is C28H32FN5O2. The van der Waals surface area contributed by atoms with E-state index in [9.17, 15) is 9.18 Å². The molecule has 2 aromatic carbocycles. The van der Waals surface area contributed by atoms with Gasteiger partial charge in [0.2, 0.25) is 0 Å². The minimum absolute atomic E-state index is 0.140. The molecule has 36 heavy (non-hydrogen) atoms. The number of carbonyl (C=O) groups excluding carboxylic acids is 1. The number of rotatable bonds is 6. The summed E-state index contributed by atoms with van der Waals surface area (Å²) >= 11 is 0. The van der Waals surface area contributed by atoms with Crippen molar-refractivity contribution in [2.45, 2.75) is 32.7 Å². The fourth-order valence-corrected chi connectivity index (χ4v) is 5.19. The fourth-order valence-electron chi connectivity index (χ4n) is 5.19. The number of carbonyl (C=O) groups is 1. The smallest absolute Gasteiger partial charge is 0.262 e. The van der Waals surface area contributed by atoms with Crippen LogP contribution in [0.2, 0.25) is 0 Å². The Bertz CT molecular complexity index is 1220. The Balaban J connectivity index is 1.41. The normalized spacial score (nSPS) is 17.2. The number of hydrogen-bond acceptors (Lipinski definition) is 6. The third-order valence-corrected chi connectivity index (χ3v) is 7.22.